The summed E-state index contributed by atoms with van der Waals surface area (Å²) in [4.78, 5) is 0. The lowest BCUT2D eigenvalue weighted by Crippen LogP contribution is -2.25. The van der Waals surface area contributed by atoms with Gasteiger partial charge in [-0.1, -0.05) is 42.6 Å². The van der Waals surface area contributed by atoms with E-state index in [0.29, 0.717) is 12.0 Å². The molecule has 94 valence electrons. The van der Waals surface area contributed by atoms with E-state index >= 15 is 0 Å². The van der Waals surface area contributed by atoms with Gasteiger partial charge in [-0.2, -0.15) is 12.6 Å². The van der Waals surface area contributed by atoms with Gasteiger partial charge >= 0.3 is 0 Å². The van der Waals surface area contributed by atoms with Crippen LogP contribution >= 0.6 is 24.2 Å². The van der Waals surface area contributed by atoms with Crippen molar-refractivity contribution in [3.63, 3.8) is 0 Å². The van der Waals surface area contributed by atoms with Crippen LogP contribution < -0.4 is 0 Å². The molecule has 0 bridgehead atoms. The smallest absolute Gasteiger partial charge is 0.0731 e. The minimum absolute atomic E-state index is 0.310. The Morgan fingerprint density at radius 3 is 2.59 bits per heavy atom. The maximum absolute atomic E-state index is 6.09. The minimum Gasteiger partial charge on any atom is -0.376 e. The number of benzene rings is 1. The first-order valence-electron chi connectivity index (χ1n) is 6.18. The second kappa shape index (κ2) is 6.12. The quantitative estimate of drug-likeness (QED) is 0.783. The zero-order valence-corrected chi connectivity index (χ0v) is 11.6. The Hall–Kier alpha value is -0.180. The van der Waals surface area contributed by atoms with Crippen LogP contribution in [0.3, 0.4) is 0 Å². The monoisotopic (exact) mass is 270 g/mol. The summed E-state index contributed by atoms with van der Waals surface area (Å²) in [6.07, 6.45) is 5.13. The van der Waals surface area contributed by atoms with Crippen molar-refractivity contribution in [2.75, 3.05) is 12.4 Å². The van der Waals surface area contributed by atoms with Gasteiger partial charge in [-0.25, -0.2) is 0 Å². The van der Waals surface area contributed by atoms with E-state index in [9.17, 15) is 0 Å². The second-order valence-corrected chi connectivity index (χ2v) is 5.67. The first-order valence-corrected chi connectivity index (χ1v) is 7.19. The molecule has 1 saturated carbocycles. The molecule has 2 rings (SSSR count). The van der Waals surface area contributed by atoms with Crippen molar-refractivity contribution in [2.24, 2.45) is 5.41 Å². The highest BCUT2D eigenvalue weighted by Crippen LogP contribution is 2.39. The normalized spacial score (nSPS) is 18.5. The SMILES string of the molecule is SCC1(COCc2ccccc2Cl)CCCC1. The molecular weight excluding hydrogens is 252 g/mol. The molecular formula is C14H19ClOS. The van der Waals surface area contributed by atoms with Gasteiger partial charge < -0.3 is 4.74 Å². The van der Waals surface area contributed by atoms with Gasteiger partial charge in [0.25, 0.3) is 0 Å². The standard InChI is InChI=1S/C14H19ClOS/c15-13-6-2-1-5-12(13)9-16-10-14(11-17)7-3-4-8-14/h1-2,5-6,17H,3-4,7-11H2. The lowest BCUT2D eigenvalue weighted by molar-refractivity contribution is 0.0483. The summed E-state index contributed by atoms with van der Waals surface area (Å²) in [5, 5.41) is 0.791. The minimum atomic E-state index is 0.310. The fraction of sp³-hybridized carbons (Fsp3) is 0.571. The van der Waals surface area contributed by atoms with E-state index in [1.807, 2.05) is 24.3 Å². The van der Waals surface area contributed by atoms with Crippen molar-refractivity contribution in [1.82, 2.24) is 0 Å². The Kier molecular flexibility index (Phi) is 4.78. The van der Waals surface area contributed by atoms with Crippen molar-refractivity contribution in [2.45, 2.75) is 32.3 Å². The Balaban J connectivity index is 1.85. The van der Waals surface area contributed by atoms with E-state index in [0.717, 1.165) is 22.9 Å². The predicted molar refractivity (Wildman–Crippen MR) is 75.9 cm³/mol. The number of halogens is 1. The number of rotatable bonds is 5. The molecule has 1 aliphatic rings. The van der Waals surface area contributed by atoms with Gasteiger partial charge in [0.15, 0.2) is 0 Å². The van der Waals surface area contributed by atoms with Gasteiger partial charge in [-0.3, -0.25) is 0 Å². The van der Waals surface area contributed by atoms with Crippen LogP contribution in [0.5, 0.6) is 0 Å². The van der Waals surface area contributed by atoms with Crippen molar-refractivity contribution in [3.8, 4) is 0 Å². The second-order valence-electron chi connectivity index (χ2n) is 4.95. The molecule has 1 fully saturated rings. The molecule has 1 aliphatic carbocycles. The van der Waals surface area contributed by atoms with Gasteiger partial charge in [-0.05, 0) is 30.2 Å². The molecule has 0 spiro atoms. The highest BCUT2D eigenvalue weighted by atomic mass is 35.5. The van der Waals surface area contributed by atoms with Crippen LogP contribution in [0.4, 0.5) is 0 Å². The Bertz CT molecular complexity index is 361. The molecule has 1 nitrogen and oxygen atoms in total. The third-order valence-corrected chi connectivity index (χ3v) is 4.66. The van der Waals surface area contributed by atoms with Gasteiger partial charge in [-0.15, -0.1) is 0 Å². The highest BCUT2D eigenvalue weighted by molar-refractivity contribution is 7.80. The number of hydrogen-bond acceptors (Lipinski definition) is 2. The van der Waals surface area contributed by atoms with Crippen molar-refractivity contribution in [1.29, 1.82) is 0 Å². The largest absolute Gasteiger partial charge is 0.376 e. The summed E-state index contributed by atoms with van der Waals surface area (Å²) in [5.41, 5.74) is 1.38. The lowest BCUT2D eigenvalue weighted by atomic mass is 9.90. The molecule has 0 N–H and O–H groups in total. The maximum Gasteiger partial charge on any atom is 0.0731 e. The zero-order chi connectivity index (χ0) is 12.1. The summed E-state index contributed by atoms with van der Waals surface area (Å²) in [6.45, 7) is 1.41. The Morgan fingerprint density at radius 2 is 1.94 bits per heavy atom. The molecule has 0 unspecified atom stereocenters. The van der Waals surface area contributed by atoms with Crippen LogP contribution in [-0.4, -0.2) is 12.4 Å². The number of hydrogen-bond donors (Lipinski definition) is 1. The summed E-state index contributed by atoms with van der Waals surface area (Å²) < 4.78 is 5.85. The molecule has 1 aromatic carbocycles. The molecule has 0 amide bonds. The average Bonchev–Trinajstić information content (AvgIpc) is 2.81. The molecule has 0 atom stereocenters. The maximum atomic E-state index is 6.09. The number of thiol groups is 1. The molecule has 1 aromatic rings. The fourth-order valence-corrected chi connectivity index (χ4v) is 3.06. The van der Waals surface area contributed by atoms with E-state index in [-0.39, 0.29) is 0 Å². The third kappa shape index (κ3) is 3.40. The predicted octanol–water partition coefficient (Wildman–Crippen LogP) is 4.35. The van der Waals surface area contributed by atoms with Crippen LogP contribution in [0.2, 0.25) is 5.02 Å². The average molecular weight is 271 g/mol. The molecule has 0 heterocycles. The zero-order valence-electron chi connectivity index (χ0n) is 9.99. The van der Waals surface area contributed by atoms with E-state index < -0.39 is 0 Å². The Labute approximate surface area is 114 Å². The first kappa shape index (κ1) is 13.3. The van der Waals surface area contributed by atoms with E-state index in [2.05, 4.69) is 12.6 Å². The van der Waals surface area contributed by atoms with Crippen LogP contribution in [0, 0.1) is 5.41 Å². The molecule has 17 heavy (non-hydrogen) atoms. The highest BCUT2D eigenvalue weighted by Gasteiger charge is 2.32. The van der Waals surface area contributed by atoms with E-state index in [1.54, 1.807) is 0 Å². The van der Waals surface area contributed by atoms with Crippen LogP contribution in [0.25, 0.3) is 0 Å². The van der Waals surface area contributed by atoms with Crippen LogP contribution in [0.1, 0.15) is 31.2 Å². The van der Waals surface area contributed by atoms with E-state index in [1.165, 1.54) is 25.7 Å². The summed E-state index contributed by atoms with van der Waals surface area (Å²) >= 11 is 10.6. The summed E-state index contributed by atoms with van der Waals surface area (Å²) in [7, 11) is 0. The molecule has 0 saturated heterocycles. The lowest BCUT2D eigenvalue weighted by Gasteiger charge is -2.26. The fourth-order valence-electron chi connectivity index (χ4n) is 2.47. The molecule has 0 aliphatic heterocycles. The van der Waals surface area contributed by atoms with Crippen LogP contribution in [0.15, 0.2) is 24.3 Å². The third-order valence-electron chi connectivity index (χ3n) is 3.62. The van der Waals surface area contributed by atoms with Gasteiger partial charge in [0.1, 0.15) is 0 Å². The van der Waals surface area contributed by atoms with Gasteiger partial charge in [0.2, 0.25) is 0 Å². The molecule has 0 aromatic heterocycles. The van der Waals surface area contributed by atoms with Crippen molar-refractivity contribution < 1.29 is 4.74 Å². The molecule has 3 heteroatoms. The summed E-state index contributed by atoms with van der Waals surface area (Å²) in [5.74, 6) is 0.926. The van der Waals surface area contributed by atoms with Crippen LogP contribution in [-0.2, 0) is 11.3 Å². The molecule has 0 radical (unpaired) electrons. The van der Waals surface area contributed by atoms with Crippen molar-refractivity contribution in [3.05, 3.63) is 34.9 Å². The Morgan fingerprint density at radius 1 is 1.24 bits per heavy atom. The summed E-state index contributed by atoms with van der Waals surface area (Å²) in [6, 6.07) is 7.86. The van der Waals surface area contributed by atoms with E-state index in [4.69, 9.17) is 16.3 Å². The van der Waals surface area contributed by atoms with Crippen molar-refractivity contribution >= 4 is 24.2 Å². The number of ether oxygens (including phenoxy) is 1. The topological polar surface area (TPSA) is 9.23 Å². The van der Waals surface area contributed by atoms with Gasteiger partial charge in [0, 0.05) is 10.4 Å². The first-order chi connectivity index (χ1) is 8.26. The van der Waals surface area contributed by atoms with Gasteiger partial charge in [0.05, 0.1) is 13.2 Å².